The summed E-state index contributed by atoms with van der Waals surface area (Å²) >= 11 is 0. The van der Waals surface area contributed by atoms with Gasteiger partial charge in [-0.2, -0.15) is 37.0 Å². The number of pyridine rings is 2. The van der Waals surface area contributed by atoms with Crippen LogP contribution in [0, 0.1) is 12.7 Å². The molecular formula is C24H20N4Pt. The predicted molar refractivity (Wildman–Crippen MR) is 114 cm³/mol. The Hall–Kier alpha value is -2.97. The molecule has 1 aliphatic heterocycles. The van der Waals surface area contributed by atoms with Crippen LogP contribution in [0.2, 0.25) is 0 Å². The molecule has 2 aromatic carbocycles. The number of fused-ring (bicyclic) bond motifs is 1. The molecule has 0 fully saturated rings. The first-order valence-corrected chi connectivity index (χ1v) is 9.08. The molecule has 0 spiro atoms. The maximum atomic E-state index is 4.19. The monoisotopic (exact) mass is 559 g/mol. The molecule has 0 bridgehead atoms. The van der Waals surface area contributed by atoms with Crippen LogP contribution < -0.4 is 9.80 Å². The number of nitrogens with zero attached hydrogens (tertiary/aromatic N) is 4. The first-order valence-electron chi connectivity index (χ1n) is 9.08. The van der Waals surface area contributed by atoms with Gasteiger partial charge in [0.15, 0.2) is 0 Å². The molecule has 0 amide bonds. The van der Waals surface area contributed by atoms with Gasteiger partial charge in [0.05, 0.1) is 11.4 Å². The number of hydrogen-bond donors (Lipinski definition) is 0. The predicted octanol–water partition coefficient (Wildman–Crippen LogP) is 5.34. The first-order chi connectivity index (χ1) is 13.8. The molecule has 0 unspecified atom stereocenters. The second kappa shape index (κ2) is 9.99. The van der Waals surface area contributed by atoms with Crippen molar-refractivity contribution in [2.24, 2.45) is 0 Å². The van der Waals surface area contributed by atoms with Crippen molar-refractivity contribution < 1.29 is 21.1 Å². The summed E-state index contributed by atoms with van der Waals surface area (Å²) in [6.07, 6.45) is 3.54. The van der Waals surface area contributed by atoms with Crippen molar-refractivity contribution in [1.82, 2.24) is 9.97 Å². The zero-order valence-corrected chi connectivity index (χ0v) is 18.2. The summed E-state index contributed by atoms with van der Waals surface area (Å²) in [6.45, 7) is 2.08. The topological polar surface area (TPSA) is 32.3 Å². The largest absolute Gasteiger partial charge is 2.00 e. The average molecular weight is 560 g/mol. The number of aromatic nitrogens is 2. The fraction of sp³-hybridized carbons (Fsp3) is 0.0417. The average Bonchev–Trinajstić information content (AvgIpc) is 3.13. The molecular weight excluding hydrogens is 539 g/mol. The zero-order valence-electron chi connectivity index (χ0n) is 15.9. The van der Waals surface area contributed by atoms with E-state index >= 15 is 0 Å². The molecule has 5 rings (SSSR count). The minimum atomic E-state index is 0. The van der Waals surface area contributed by atoms with E-state index in [9.17, 15) is 0 Å². The van der Waals surface area contributed by atoms with E-state index in [1.54, 1.807) is 12.4 Å². The Morgan fingerprint density at radius 1 is 0.724 bits per heavy atom. The third-order valence-electron chi connectivity index (χ3n) is 4.35. The molecule has 0 N–H and O–H groups in total. The van der Waals surface area contributed by atoms with Gasteiger partial charge in [0, 0.05) is 23.8 Å². The molecule has 0 aliphatic carbocycles. The van der Waals surface area contributed by atoms with Crippen LogP contribution in [0.25, 0.3) is 11.4 Å². The minimum Gasteiger partial charge on any atom is -0.504 e. The van der Waals surface area contributed by atoms with Crippen LogP contribution in [0.15, 0.2) is 97.3 Å². The van der Waals surface area contributed by atoms with Crippen molar-refractivity contribution in [2.45, 2.75) is 0 Å². The van der Waals surface area contributed by atoms with Crippen LogP contribution in [-0.4, -0.2) is 17.0 Å². The van der Waals surface area contributed by atoms with Crippen molar-refractivity contribution in [3.05, 3.63) is 110 Å². The van der Waals surface area contributed by atoms with E-state index in [0.29, 0.717) is 0 Å². The summed E-state index contributed by atoms with van der Waals surface area (Å²) in [6, 6.07) is 31.2. The normalized spacial score (nSPS) is 11.8. The molecule has 3 heterocycles. The Morgan fingerprint density at radius 2 is 1.31 bits per heavy atom. The van der Waals surface area contributed by atoms with Crippen LogP contribution >= 0.6 is 0 Å². The van der Waals surface area contributed by atoms with Gasteiger partial charge in [0.25, 0.3) is 0 Å². The molecule has 146 valence electrons. The Labute approximate surface area is 186 Å². The molecule has 0 saturated carbocycles. The fourth-order valence-corrected chi connectivity index (χ4v) is 3.02. The fourth-order valence-electron chi connectivity index (χ4n) is 3.02. The molecule has 1 aliphatic rings. The zero-order chi connectivity index (χ0) is 19.2. The summed E-state index contributed by atoms with van der Waals surface area (Å²) in [5, 5.41) is 0. The van der Waals surface area contributed by atoms with Gasteiger partial charge in [-0.1, -0.05) is 24.3 Å². The van der Waals surface area contributed by atoms with Crippen LogP contribution in [0.1, 0.15) is 0 Å². The quantitative estimate of drug-likeness (QED) is 0.311. The molecule has 0 radical (unpaired) electrons. The standard InChI is InChI=1S/C14H12N2.C10H8N2.Pt/c1-15-11-16(12-7-3-2-4-8-12)14-10-6-5-9-13(14)15;1-3-7-11-9(5-1)10-6-2-4-8-12-10;/h2-7,9-11H,1H3;1-8H;/q-2;;+2. The number of anilines is 3. The second-order valence-electron chi connectivity index (χ2n) is 6.26. The van der Waals surface area contributed by atoms with Crippen molar-refractivity contribution in [2.75, 3.05) is 16.8 Å². The van der Waals surface area contributed by atoms with Crippen LogP contribution in [0.4, 0.5) is 17.1 Å². The van der Waals surface area contributed by atoms with Gasteiger partial charge >= 0.3 is 21.1 Å². The van der Waals surface area contributed by atoms with E-state index in [0.717, 1.165) is 17.1 Å². The van der Waals surface area contributed by atoms with E-state index < -0.39 is 0 Å². The van der Waals surface area contributed by atoms with Crippen LogP contribution in [-0.2, 0) is 21.1 Å². The van der Waals surface area contributed by atoms with Gasteiger partial charge in [0.1, 0.15) is 0 Å². The summed E-state index contributed by atoms with van der Waals surface area (Å²) in [7, 11) is 2.06. The summed E-state index contributed by atoms with van der Waals surface area (Å²) in [4.78, 5) is 12.6. The Kier molecular flexibility index (Phi) is 7.15. The SMILES string of the molecule is CN1[CH-]N(c2[c-]cccc2)c2ccccc21.[Pt+2].c1ccc(-c2ccccn2)nc1. The molecule has 5 heteroatoms. The van der Waals surface area contributed by atoms with Gasteiger partial charge in [-0.15, -0.1) is 5.69 Å². The van der Waals surface area contributed by atoms with Gasteiger partial charge in [0.2, 0.25) is 0 Å². The molecule has 0 atom stereocenters. The summed E-state index contributed by atoms with van der Waals surface area (Å²) < 4.78 is 0. The Balaban J connectivity index is 0.000000167. The third kappa shape index (κ3) is 4.90. The molecule has 4 nitrogen and oxygen atoms in total. The molecule has 29 heavy (non-hydrogen) atoms. The first kappa shape index (κ1) is 20.8. The smallest absolute Gasteiger partial charge is 0.504 e. The van der Waals surface area contributed by atoms with Crippen molar-refractivity contribution in [3.8, 4) is 11.4 Å². The van der Waals surface area contributed by atoms with Crippen molar-refractivity contribution >= 4 is 17.1 Å². The summed E-state index contributed by atoms with van der Waals surface area (Å²) in [5.74, 6) is 0. The Bertz CT molecular complexity index is 973. The van der Waals surface area contributed by atoms with Gasteiger partial charge in [-0.05, 0) is 43.4 Å². The van der Waals surface area contributed by atoms with E-state index in [1.807, 2.05) is 54.6 Å². The molecule has 0 saturated heterocycles. The number of para-hydroxylation sites is 3. The van der Waals surface area contributed by atoms with Gasteiger partial charge in [-0.25, -0.2) is 0 Å². The van der Waals surface area contributed by atoms with E-state index in [4.69, 9.17) is 0 Å². The van der Waals surface area contributed by atoms with E-state index in [1.165, 1.54) is 11.4 Å². The summed E-state index contributed by atoms with van der Waals surface area (Å²) in [5.41, 5.74) is 5.32. The van der Waals surface area contributed by atoms with Crippen molar-refractivity contribution in [1.29, 1.82) is 0 Å². The van der Waals surface area contributed by atoms with Gasteiger partial charge < -0.3 is 9.80 Å². The third-order valence-corrected chi connectivity index (χ3v) is 4.35. The number of benzene rings is 2. The maximum absolute atomic E-state index is 4.19. The van der Waals surface area contributed by atoms with E-state index in [2.05, 4.69) is 69.9 Å². The van der Waals surface area contributed by atoms with Crippen LogP contribution in [0.5, 0.6) is 0 Å². The molecule has 4 aromatic rings. The minimum absolute atomic E-state index is 0. The van der Waals surface area contributed by atoms with E-state index in [-0.39, 0.29) is 21.1 Å². The molecule has 2 aromatic heterocycles. The van der Waals surface area contributed by atoms with Crippen molar-refractivity contribution in [3.63, 3.8) is 0 Å². The maximum Gasteiger partial charge on any atom is 2.00 e. The Morgan fingerprint density at radius 3 is 1.86 bits per heavy atom. The second-order valence-corrected chi connectivity index (χ2v) is 6.26. The van der Waals surface area contributed by atoms with Gasteiger partial charge in [-0.3, -0.25) is 9.97 Å². The van der Waals surface area contributed by atoms with Crippen LogP contribution in [0.3, 0.4) is 0 Å². The number of hydrogen-bond acceptors (Lipinski definition) is 4. The number of rotatable bonds is 2.